The molecule has 1 amide bonds. The lowest BCUT2D eigenvalue weighted by Crippen LogP contribution is -2.45. The Balaban J connectivity index is 4.39. The number of nitrogens with zero attached hydrogens (tertiary/aromatic N) is 1. The second kappa shape index (κ2) is 49.9. The molecule has 0 fully saturated rings. The van der Waals surface area contributed by atoms with Crippen LogP contribution in [0.5, 0.6) is 0 Å². The molecule has 2 N–H and O–H groups in total. The molecule has 0 saturated carbocycles. The van der Waals surface area contributed by atoms with E-state index in [1.165, 1.54) is 77.0 Å². The first kappa shape index (κ1) is 65.9. The molecule has 0 rings (SSSR count). The van der Waals surface area contributed by atoms with Gasteiger partial charge in [-0.25, -0.2) is 0 Å². The van der Waals surface area contributed by atoms with Gasteiger partial charge in [-0.1, -0.05) is 219 Å². The molecule has 0 aromatic rings. The Kier molecular flexibility index (Phi) is 47.6. The Hall–Kier alpha value is -3.10. The lowest BCUT2D eigenvalue weighted by Gasteiger charge is -2.29. The Bertz CT molecular complexity index is 1530. The second-order valence-corrected chi connectivity index (χ2v) is 20.6. The van der Waals surface area contributed by atoms with Gasteiger partial charge < -0.3 is 28.8 Å². The molecule has 3 unspecified atom stereocenters. The molecule has 0 aliphatic carbocycles. The number of phosphoric acid groups is 1. The number of likely N-dealkylation sites (N-methyl/N-ethyl adjacent to an activating group) is 1. The predicted molar refractivity (Wildman–Crippen MR) is 297 cm³/mol. The first-order valence-corrected chi connectivity index (χ1v) is 28.9. The zero-order valence-corrected chi connectivity index (χ0v) is 45.6. The highest BCUT2D eigenvalue weighted by Crippen LogP contribution is 2.38. The van der Waals surface area contributed by atoms with E-state index < -0.39 is 26.6 Å². The largest absolute Gasteiger partial charge is 0.756 e. The highest BCUT2D eigenvalue weighted by atomic mass is 31.2. The number of carbonyl (C=O) groups is 1. The Morgan fingerprint density at radius 1 is 0.522 bits per heavy atom. The minimum Gasteiger partial charge on any atom is -0.756 e. The lowest BCUT2D eigenvalue weighted by atomic mass is 10.0. The average molecular weight is 979 g/mol. The normalized spacial score (nSPS) is 14.9. The molecule has 9 heteroatoms. The van der Waals surface area contributed by atoms with E-state index in [1.807, 2.05) is 27.2 Å². The van der Waals surface area contributed by atoms with Crippen LogP contribution in [0.3, 0.4) is 0 Å². The first-order valence-electron chi connectivity index (χ1n) is 27.4. The number of hydrogen-bond acceptors (Lipinski definition) is 6. The quantitative estimate of drug-likeness (QED) is 0.0272. The van der Waals surface area contributed by atoms with Gasteiger partial charge in [-0.15, -0.1) is 0 Å². The van der Waals surface area contributed by atoms with Crippen molar-refractivity contribution in [2.24, 2.45) is 0 Å². The summed E-state index contributed by atoms with van der Waals surface area (Å²) in [6, 6.07) is -0.927. The fourth-order valence-corrected chi connectivity index (χ4v) is 7.85. The zero-order valence-electron chi connectivity index (χ0n) is 44.7. The number of unbranched alkanes of at least 4 members (excludes halogenated alkanes) is 17. The Morgan fingerprint density at radius 2 is 0.899 bits per heavy atom. The van der Waals surface area contributed by atoms with Gasteiger partial charge in [0.1, 0.15) is 13.2 Å². The standard InChI is InChI=1S/C60H103N2O6P/c1-6-8-10-12-14-16-18-20-22-24-26-27-28-29-30-31-32-33-34-35-36-38-40-42-44-46-48-50-52-54-60(64)61-58(57-68-69(65,66)67-56-55-62(3,4)5)59(63)53-51-49-47-45-43-41-39-37-25-23-21-19-17-15-13-11-9-7-2/h8,10,14,16,20,22,26-27,29-30,32-33,35-36,40,42-43,45,51,53,58-59,63H,6-7,9,11-13,15,17-19,21,23-25,28,31,34,37-39,41,44,46-50,52,54-57H2,1-5H3,(H-,61,64,65,66)/b10-8-,16-14-,22-20-,27-26-,30-29-,33-32-,36-35-,42-40-,45-43+,53-51+. The number of phosphoric ester groups is 1. The van der Waals surface area contributed by atoms with E-state index in [9.17, 15) is 19.4 Å². The number of rotatable bonds is 48. The second-order valence-electron chi connectivity index (χ2n) is 19.2. The topological polar surface area (TPSA) is 108 Å². The fourth-order valence-electron chi connectivity index (χ4n) is 7.12. The number of aliphatic hydroxyl groups excluding tert-OH is 1. The third-order valence-corrected chi connectivity index (χ3v) is 12.4. The minimum absolute atomic E-state index is 0.0187. The predicted octanol–water partition coefficient (Wildman–Crippen LogP) is 16.0. The summed E-state index contributed by atoms with van der Waals surface area (Å²) in [5.74, 6) is -0.237. The van der Waals surface area contributed by atoms with Gasteiger partial charge in [0.15, 0.2) is 0 Å². The van der Waals surface area contributed by atoms with Crippen LogP contribution in [-0.4, -0.2) is 68.5 Å². The van der Waals surface area contributed by atoms with Crippen molar-refractivity contribution in [2.45, 2.75) is 212 Å². The van der Waals surface area contributed by atoms with Crippen LogP contribution in [0, 0.1) is 0 Å². The molecular weight excluding hydrogens is 876 g/mol. The maximum absolute atomic E-state index is 12.9. The molecule has 0 spiro atoms. The highest BCUT2D eigenvalue weighted by Gasteiger charge is 2.23. The van der Waals surface area contributed by atoms with Gasteiger partial charge in [0.2, 0.25) is 5.91 Å². The smallest absolute Gasteiger partial charge is 0.268 e. The minimum atomic E-state index is -4.62. The van der Waals surface area contributed by atoms with Crippen molar-refractivity contribution in [3.8, 4) is 0 Å². The van der Waals surface area contributed by atoms with Crippen LogP contribution in [0.25, 0.3) is 0 Å². The van der Waals surface area contributed by atoms with Crippen molar-refractivity contribution in [1.82, 2.24) is 5.32 Å². The molecule has 8 nitrogen and oxygen atoms in total. The molecule has 0 aliphatic heterocycles. The van der Waals surface area contributed by atoms with Crippen molar-refractivity contribution in [2.75, 3.05) is 40.9 Å². The van der Waals surface area contributed by atoms with Crippen molar-refractivity contribution < 1.29 is 32.9 Å². The third kappa shape index (κ3) is 52.6. The number of aliphatic hydroxyl groups is 1. The van der Waals surface area contributed by atoms with Gasteiger partial charge in [0, 0.05) is 6.42 Å². The molecule has 0 radical (unpaired) electrons. The Labute approximate surface area is 424 Å². The number of amides is 1. The molecule has 0 aromatic carbocycles. The van der Waals surface area contributed by atoms with E-state index >= 15 is 0 Å². The maximum atomic E-state index is 12.9. The van der Waals surface area contributed by atoms with Gasteiger partial charge in [0.25, 0.3) is 7.82 Å². The van der Waals surface area contributed by atoms with E-state index in [4.69, 9.17) is 9.05 Å². The summed E-state index contributed by atoms with van der Waals surface area (Å²) in [5.41, 5.74) is 0. The average Bonchev–Trinajstić information content (AvgIpc) is 3.31. The van der Waals surface area contributed by atoms with Gasteiger partial charge in [0.05, 0.1) is 39.9 Å². The van der Waals surface area contributed by atoms with Crippen LogP contribution in [0.4, 0.5) is 0 Å². The lowest BCUT2D eigenvalue weighted by molar-refractivity contribution is -0.870. The third-order valence-electron chi connectivity index (χ3n) is 11.4. The molecule has 0 bridgehead atoms. The summed E-state index contributed by atoms with van der Waals surface area (Å²) < 4.78 is 23.3. The SMILES string of the molecule is CC/C=C\C/C=C\C/C=C\C/C=C\C/C=C\C/C=C\C/C=C\C/C=C\CCCCCCC(=O)NC(COP(=O)([O-])OCC[N+](C)(C)C)C(O)/C=C/CC/C=C/CCCCCCCCCCCCCC. The zero-order chi connectivity index (χ0) is 50.6. The summed E-state index contributed by atoms with van der Waals surface area (Å²) >= 11 is 0. The molecule has 394 valence electrons. The van der Waals surface area contributed by atoms with Crippen molar-refractivity contribution in [3.05, 3.63) is 122 Å². The molecule has 3 atom stereocenters. The number of allylic oxidation sites excluding steroid dienone is 19. The van der Waals surface area contributed by atoms with Crippen molar-refractivity contribution in [3.63, 3.8) is 0 Å². The summed E-state index contributed by atoms with van der Waals surface area (Å²) in [6.45, 7) is 4.48. The van der Waals surface area contributed by atoms with E-state index in [-0.39, 0.29) is 12.5 Å². The summed E-state index contributed by atoms with van der Waals surface area (Å²) in [6.07, 6.45) is 74.1. The summed E-state index contributed by atoms with van der Waals surface area (Å²) in [5, 5.41) is 13.8. The summed E-state index contributed by atoms with van der Waals surface area (Å²) in [7, 11) is 1.21. The van der Waals surface area contributed by atoms with Crippen LogP contribution in [0.15, 0.2) is 122 Å². The number of carbonyl (C=O) groups excluding carboxylic acids is 1. The van der Waals surface area contributed by atoms with Crippen molar-refractivity contribution in [1.29, 1.82) is 0 Å². The molecule has 0 heterocycles. The van der Waals surface area contributed by atoms with Gasteiger partial charge >= 0.3 is 0 Å². The molecule has 0 saturated heterocycles. The molecular formula is C60H103N2O6P. The fraction of sp³-hybridized carbons (Fsp3) is 0.650. The van der Waals surface area contributed by atoms with Crippen molar-refractivity contribution >= 4 is 13.7 Å². The van der Waals surface area contributed by atoms with Crippen LogP contribution < -0.4 is 10.2 Å². The summed E-state index contributed by atoms with van der Waals surface area (Å²) in [4.78, 5) is 25.5. The molecule has 69 heavy (non-hydrogen) atoms. The van der Waals surface area contributed by atoms with Crippen LogP contribution in [-0.2, 0) is 18.4 Å². The molecule has 0 aromatic heterocycles. The van der Waals surface area contributed by atoms with E-state index in [1.54, 1.807) is 6.08 Å². The highest BCUT2D eigenvalue weighted by molar-refractivity contribution is 7.45. The van der Waals surface area contributed by atoms with Gasteiger partial charge in [-0.3, -0.25) is 9.36 Å². The maximum Gasteiger partial charge on any atom is 0.268 e. The number of nitrogens with one attached hydrogen (secondary N) is 1. The van der Waals surface area contributed by atoms with Crippen LogP contribution in [0.1, 0.15) is 200 Å². The van der Waals surface area contributed by atoms with Gasteiger partial charge in [-0.2, -0.15) is 0 Å². The number of hydrogen-bond donors (Lipinski definition) is 2. The first-order chi connectivity index (χ1) is 33.5. The van der Waals surface area contributed by atoms with Crippen LogP contribution >= 0.6 is 7.82 Å². The molecule has 0 aliphatic rings. The van der Waals surface area contributed by atoms with E-state index in [0.717, 1.165) is 96.3 Å². The monoisotopic (exact) mass is 979 g/mol. The van der Waals surface area contributed by atoms with Gasteiger partial charge in [-0.05, 0) is 96.3 Å². The van der Waals surface area contributed by atoms with E-state index in [0.29, 0.717) is 23.9 Å². The van der Waals surface area contributed by atoms with Crippen LogP contribution in [0.2, 0.25) is 0 Å². The van der Waals surface area contributed by atoms with E-state index in [2.05, 4.69) is 129 Å². The number of quaternary nitrogens is 1. The Morgan fingerprint density at radius 3 is 1.35 bits per heavy atom.